The summed E-state index contributed by atoms with van der Waals surface area (Å²) in [5.74, 6) is -0.197. The lowest BCUT2D eigenvalue weighted by atomic mass is 10.1. The topological polar surface area (TPSA) is 34.6 Å². The van der Waals surface area contributed by atoms with Crippen LogP contribution in [0.5, 0.6) is 11.5 Å². The van der Waals surface area contributed by atoms with Gasteiger partial charge in [-0.1, -0.05) is 24.3 Å². The van der Waals surface area contributed by atoms with Crippen LogP contribution < -0.4 is 14.4 Å². The van der Waals surface area contributed by atoms with Gasteiger partial charge in [0.05, 0.1) is 5.52 Å². The van der Waals surface area contributed by atoms with Crippen LogP contribution in [0.25, 0.3) is 10.9 Å². The van der Waals surface area contributed by atoms with Crippen molar-refractivity contribution in [3.63, 3.8) is 0 Å². The molecule has 1 saturated heterocycles. The van der Waals surface area contributed by atoms with Crippen molar-refractivity contribution < 1.29 is 22.6 Å². The number of anilines is 1. The second-order valence-electron chi connectivity index (χ2n) is 6.57. The summed E-state index contributed by atoms with van der Waals surface area (Å²) in [6.45, 7) is 1.48. The van der Waals surface area contributed by atoms with E-state index < -0.39 is 6.36 Å². The van der Waals surface area contributed by atoms with Crippen molar-refractivity contribution in [3.05, 3.63) is 60.8 Å². The van der Waals surface area contributed by atoms with Gasteiger partial charge in [-0.15, -0.1) is 13.2 Å². The number of alkyl halides is 3. The Kier molecular flexibility index (Phi) is 4.98. The average molecular weight is 387 g/mol. The molecule has 1 aliphatic rings. The highest BCUT2D eigenvalue weighted by atomic mass is 19.4. The molecule has 0 aliphatic carbocycles. The number of piperidine rings is 1. The van der Waals surface area contributed by atoms with E-state index in [1.807, 2.05) is 24.3 Å². The summed E-state index contributed by atoms with van der Waals surface area (Å²) in [5, 5.41) is 1.06. The fourth-order valence-electron chi connectivity index (χ4n) is 3.45. The van der Waals surface area contributed by atoms with Gasteiger partial charge < -0.3 is 14.4 Å². The largest absolute Gasteiger partial charge is 0.573 e. The smallest absolute Gasteiger partial charge is 0.486 e. The molecule has 4 nitrogen and oxygen atoms in total. The molecule has 0 atom stereocenters. The van der Waals surface area contributed by atoms with E-state index in [1.54, 1.807) is 12.3 Å². The lowest BCUT2D eigenvalue weighted by Crippen LogP contribution is -2.38. The number of hydrogen-bond donors (Lipinski definition) is 0. The Bertz CT molecular complexity index is 948. The molecule has 1 radical (unpaired) electrons. The summed E-state index contributed by atoms with van der Waals surface area (Å²) in [7, 11) is 0. The van der Waals surface area contributed by atoms with Crippen LogP contribution in [0.1, 0.15) is 12.8 Å². The molecule has 0 N–H and O–H groups in total. The SMILES string of the molecule is FC(F)(F)Oc1ccccc1OC1CCN(c2ccnc3c[c]ccc23)CC1. The minimum absolute atomic E-state index is 0.114. The first-order valence-corrected chi connectivity index (χ1v) is 9.01. The van der Waals surface area contributed by atoms with Crippen LogP contribution >= 0.6 is 0 Å². The third-order valence-corrected chi connectivity index (χ3v) is 4.72. The summed E-state index contributed by atoms with van der Waals surface area (Å²) >= 11 is 0. The van der Waals surface area contributed by atoms with E-state index >= 15 is 0 Å². The Hall–Kier alpha value is -2.96. The predicted molar refractivity (Wildman–Crippen MR) is 99.6 cm³/mol. The number of fused-ring (bicyclic) bond motifs is 1. The number of nitrogens with zero attached hydrogens (tertiary/aromatic N) is 2. The first kappa shape index (κ1) is 18.4. The second-order valence-corrected chi connectivity index (χ2v) is 6.57. The summed E-state index contributed by atoms with van der Waals surface area (Å²) in [4.78, 5) is 6.61. The standard InChI is InChI=1S/C21H18F3N2O2/c22-21(23,24)28-20-8-4-3-7-19(20)27-15-10-13-26(14-11-15)18-9-12-25-17-6-2-1-5-16(17)18/h1,3-9,12,15H,10-11,13-14H2. The zero-order valence-electron chi connectivity index (χ0n) is 14.9. The Balaban J connectivity index is 1.44. The Morgan fingerprint density at radius 1 is 1.04 bits per heavy atom. The molecule has 2 aromatic carbocycles. The van der Waals surface area contributed by atoms with Crippen molar-refractivity contribution in [2.75, 3.05) is 18.0 Å². The minimum atomic E-state index is -4.75. The number of aromatic nitrogens is 1. The first-order valence-electron chi connectivity index (χ1n) is 9.01. The van der Waals surface area contributed by atoms with E-state index in [4.69, 9.17) is 4.74 Å². The average Bonchev–Trinajstić information content (AvgIpc) is 2.69. The van der Waals surface area contributed by atoms with Crippen molar-refractivity contribution in [2.24, 2.45) is 0 Å². The van der Waals surface area contributed by atoms with Crippen molar-refractivity contribution in [1.29, 1.82) is 0 Å². The highest BCUT2D eigenvalue weighted by Crippen LogP contribution is 2.34. The van der Waals surface area contributed by atoms with Gasteiger partial charge in [0.15, 0.2) is 11.5 Å². The molecule has 28 heavy (non-hydrogen) atoms. The van der Waals surface area contributed by atoms with Crippen LogP contribution in [0.2, 0.25) is 0 Å². The lowest BCUT2D eigenvalue weighted by Gasteiger charge is -2.34. The third kappa shape index (κ3) is 4.13. The quantitative estimate of drug-likeness (QED) is 0.632. The third-order valence-electron chi connectivity index (χ3n) is 4.72. The van der Waals surface area contributed by atoms with E-state index in [2.05, 4.69) is 20.7 Å². The summed E-state index contributed by atoms with van der Waals surface area (Å²) in [5.41, 5.74) is 1.98. The summed E-state index contributed by atoms with van der Waals surface area (Å²) in [6, 6.07) is 16.6. The Labute approximate surface area is 160 Å². The second kappa shape index (κ2) is 7.58. The molecule has 1 aliphatic heterocycles. The molecular weight excluding hydrogens is 369 g/mol. The van der Waals surface area contributed by atoms with Crippen LogP contribution in [0.15, 0.2) is 54.7 Å². The summed E-state index contributed by atoms with van der Waals surface area (Å²) < 4.78 is 47.6. The van der Waals surface area contributed by atoms with Gasteiger partial charge in [0.1, 0.15) is 6.10 Å². The molecule has 0 unspecified atom stereocenters. The molecule has 7 heteroatoms. The summed E-state index contributed by atoms with van der Waals surface area (Å²) in [6.07, 6.45) is -1.75. The highest BCUT2D eigenvalue weighted by Gasteiger charge is 2.33. The first-order chi connectivity index (χ1) is 13.5. The van der Waals surface area contributed by atoms with E-state index in [9.17, 15) is 13.2 Å². The predicted octanol–water partition coefficient (Wildman–Crippen LogP) is 4.98. The Morgan fingerprint density at radius 2 is 1.79 bits per heavy atom. The van der Waals surface area contributed by atoms with Gasteiger partial charge in [-0.25, -0.2) is 0 Å². The number of ether oxygens (including phenoxy) is 2. The van der Waals surface area contributed by atoms with E-state index in [0.717, 1.165) is 29.7 Å². The van der Waals surface area contributed by atoms with Gasteiger partial charge in [-0.3, -0.25) is 4.98 Å². The molecule has 0 saturated carbocycles. The molecule has 2 heterocycles. The van der Waals surface area contributed by atoms with Gasteiger partial charge in [0.2, 0.25) is 0 Å². The van der Waals surface area contributed by atoms with Crippen molar-refractivity contribution >= 4 is 16.6 Å². The number of pyridine rings is 1. The van der Waals surface area contributed by atoms with Crippen LogP contribution in [0, 0.1) is 6.07 Å². The molecule has 1 fully saturated rings. The molecule has 4 rings (SSSR count). The fraction of sp³-hybridized carbons (Fsp3) is 0.286. The number of rotatable bonds is 4. The van der Waals surface area contributed by atoms with E-state index in [1.165, 1.54) is 18.2 Å². The van der Waals surface area contributed by atoms with E-state index in [-0.39, 0.29) is 17.6 Å². The number of benzene rings is 2. The van der Waals surface area contributed by atoms with Crippen molar-refractivity contribution in [2.45, 2.75) is 25.3 Å². The number of para-hydroxylation sites is 2. The maximum Gasteiger partial charge on any atom is 0.573 e. The highest BCUT2D eigenvalue weighted by molar-refractivity contribution is 5.91. The lowest BCUT2D eigenvalue weighted by molar-refractivity contribution is -0.275. The van der Waals surface area contributed by atoms with Gasteiger partial charge in [-0.2, -0.15) is 0 Å². The van der Waals surface area contributed by atoms with Crippen LogP contribution in [0.3, 0.4) is 0 Å². The molecule has 1 aromatic heterocycles. The van der Waals surface area contributed by atoms with Gasteiger partial charge in [0.25, 0.3) is 0 Å². The maximum atomic E-state index is 12.6. The Morgan fingerprint density at radius 3 is 2.54 bits per heavy atom. The van der Waals surface area contributed by atoms with Crippen molar-refractivity contribution in [1.82, 2.24) is 4.98 Å². The maximum absolute atomic E-state index is 12.6. The van der Waals surface area contributed by atoms with Gasteiger partial charge >= 0.3 is 6.36 Å². The monoisotopic (exact) mass is 387 g/mol. The van der Waals surface area contributed by atoms with Gasteiger partial charge in [-0.05, 0) is 30.3 Å². The zero-order chi connectivity index (χ0) is 19.6. The molecule has 0 spiro atoms. The molecule has 0 amide bonds. The normalized spacial score (nSPS) is 15.6. The van der Waals surface area contributed by atoms with Crippen LogP contribution in [0.4, 0.5) is 18.9 Å². The number of halogens is 3. The minimum Gasteiger partial charge on any atom is -0.486 e. The van der Waals surface area contributed by atoms with Crippen LogP contribution in [-0.4, -0.2) is 30.5 Å². The molecule has 145 valence electrons. The van der Waals surface area contributed by atoms with Crippen molar-refractivity contribution in [3.8, 4) is 11.5 Å². The molecule has 0 bridgehead atoms. The molecule has 3 aromatic rings. The van der Waals surface area contributed by atoms with Gasteiger partial charge in [0, 0.05) is 43.2 Å². The van der Waals surface area contributed by atoms with E-state index in [0.29, 0.717) is 12.8 Å². The zero-order valence-corrected chi connectivity index (χ0v) is 14.9. The number of hydrogen-bond acceptors (Lipinski definition) is 4. The fourth-order valence-corrected chi connectivity index (χ4v) is 3.45. The molecular formula is C21H18F3N2O2. The van der Waals surface area contributed by atoms with Crippen LogP contribution in [-0.2, 0) is 0 Å².